The van der Waals surface area contributed by atoms with E-state index in [-0.39, 0.29) is 23.4 Å². The van der Waals surface area contributed by atoms with Gasteiger partial charge in [-0.3, -0.25) is 14.6 Å². The molecule has 0 radical (unpaired) electrons. The lowest BCUT2D eigenvalue weighted by atomic mass is 9.94. The van der Waals surface area contributed by atoms with Crippen LogP contribution in [0.5, 0.6) is 11.5 Å². The van der Waals surface area contributed by atoms with E-state index >= 15 is 0 Å². The summed E-state index contributed by atoms with van der Waals surface area (Å²) in [5.41, 5.74) is 1.82. The van der Waals surface area contributed by atoms with Crippen LogP contribution in [0.25, 0.3) is 5.76 Å². The summed E-state index contributed by atoms with van der Waals surface area (Å²) >= 11 is 0. The van der Waals surface area contributed by atoms with Gasteiger partial charge in [0.25, 0.3) is 11.7 Å². The number of benzene rings is 2. The molecule has 184 valence electrons. The first kappa shape index (κ1) is 24.5. The van der Waals surface area contributed by atoms with Gasteiger partial charge in [-0.15, -0.1) is 0 Å². The number of methoxy groups -OCH3 is 3. The lowest BCUT2D eigenvalue weighted by Crippen LogP contribution is -2.29. The molecule has 2 heterocycles. The molecule has 0 unspecified atom stereocenters. The van der Waals surface area contributed by atoms with Crippen LogP contribution in [0, 0.1) is 0 Å². The fraction of sp³-hybridized carbons (Fsp3) is 0.185. The number of likely N-dealkylation sites (tertiary alicyclic amines) is 1. The summed E-state index contributed by atoms with van der Waals surface area (Å²) in [6, 6.07) is 13.6. The van der Waals surface area contributed by atoms with Crippen LogP contribution < -0.4 is 9.47 Å². The molecule has 3 aromatic rings. The van der Waals surface area contributed by atoms with Crippen molar-refractivity contribution in [2.75, 3.05) is 21.3 Å². The van der Waals surface area contributed by atoms with Crippen molar-refractivity contribution in [3.05, 3.63) is 94.8 Å². The van der Waals surface area contributed by atoms with Crippen LogP contribution >= 0.6 is 0 Å². The summed E-state index contributed by atoms with van der Waals surface area (Å²) in [6.45, 7) is 0.110. The number of rotatable bonds is 7. The third-order valence-electron chi connectivity index (χ3n) is 5.95. The number of aromatic nitrogens is 1. The quantitative estimate of drug-likeness (QED) is 0.233. The number of aliphatic hydroxyl groups excluding tert-OH is 1. The van der Waals surface area contributed by atoms with Crippen molar-refractivity contribution in [2.24, 2.45) is 0 Å². The number of ketones is 1. The first-order valence-electron chi connectivity index (χ1n) is 11.0. The second-order valence-corrected chi connectivity index (χ2v) is 7.97. The number of hydrogen-bond acceptors (Lipinski definition) is 8. The zero-order chi connectivity index (χ0) is 25.8. The molecule has 0 aliphatic carbocycles. The highest BCUT2D eigenvalue weighted by Gasteiger charge is 2.46. The molecule has 4 rings (SSSR count). The second kappa shape index (κ2) is 10.3. The molecule has 1 atom stereocenters. The molecular formula is C27H24N2O7. The largest absolute Gasteiger partial charge is 0.507 e. The Labute approximate surface area is 207 Å². The zero-order valence-electron chi connectivity index (χ0n) is 19.9. The van der Waals surface area contributed by atoms with E-state index in [1.165, 1.54) is 32.3 Å². The van der Waals surface area contributed by atoms with Crippen LogP contribution in [-0.4, -0.2) is 54.0 Å². The van der Waals surface area contributed by atoms with Gasteiger partial charge < -0.3 is 24.2 Å². The first-order valence-corrected chi connectivity index (χ1v) is 11.0. The maximum Gasteiger partial charge on any atom is 0.337 e. The van der Waals surface area contributed by atoms with Gasteiger partial charge >= 0.3 is 5.97 Å². The minimum atomic E-state index is -0.905. The predicted molar refractivity (Wildman–Crippen MR) is 129 cm³/mol. The Morgan fingerprint density at radius 2 is 1.56 bits per heavy atom. The van der Waals surface area contributed by atoms with Crippen LogP contribution in [-0.2, 0) is 20.9 Å². The van der Waals surface area contributed by atoms with E-state index in [9.17, 15) is 19.5 Å². The van der Waals surface area contributed by atoms with Gasteiger partial charge in [0.05, 0.1) is 38.5 Å². The Morgan fingerprint density at radius 1 is 0.917 bits per heavy atom. The highest BCUT2D eigenvalue weighted by Crippen LogP contribution is 2.41. The fourth-order valence-electron chi connectivity index (χ4n) is 4.13. The maximum absolute atomic E-state index is 13.3. The Balaban J connectivity index is 1.86. The van der Waals surface area contributed by atoms with Crippen LogP contribution in [0.4, 0.5) is 0 Å². The summed E-state index contributed by atoms with van der Waals surface area (Å²) in [6.07, 6.45) is 3.19. The number of Topliss-reactive ketones (excluding diaryl/α,β-unsaturated/α-hetero) is 1. The van der Waals surface area contributed by atoms with Crippen molar-refractivity contribution >= 4 is 23.4 Å². The summed E-state index contributed by atoms with van der Waals surface area (Å²) in [4.78, 5) is 43.7. The molecule has 1 aliphatic rings. The highest BCUT2D eigenvalue weighted by molar-refractivity contribution is 6.46. The SMILES string of the molecule is COC(=O)c1ccc([C@@H]2C(=C(O)c3ccc(OC)c(OC)c3)C(=O)C(=O)N2Cc2ccncc2)cc1. The Kier molecular flexibility index (Phi) is 7.00. The molecule has 0 spiro atoms. The van der Waals surface area contributed by atoms with Gasteiger partial charge in [0, 0.05) is 24.5 Å². The number of ether oxygens (including phenoxy) is 3. The molecule has 9 nitrogen and oxygen atoms in total. The van der Waals surface area contributed by atoms with E-state index in [4.69, 9.17) is 14.2 Å². The Hall–Kier alpha value is -4.66. The van der Waals surface area contributed by atoms with Crippen molar-refractivity contribution in [3.63, 3.8) is 0 Å². The minimum Gasteiger partial charge on any atom is -0.507 e. The van der Waals surface area contributed by atoms with Crippen molar-refractivity contribution < 1.29 is 33.7 Å². The van der Waals surface area contributed by atoms with Gasteiger partial charge in [-0.25, -0.2) is 4.79 Å². The molecule has 1 aliphatic heterocycles. The van der Waals surface area contributed by atoms with E-state index in [0.717, 1.165) is 5.56 Å². The number of hydrogen-bond donors (Lipinski definition) is 1. The maximum atomic E-state index is 13.3. The Morgan fingerprint density at radius 3 is 2.17 bits per heavy atom. The third-order valence-corrected chi connectivity index (χ3v) is 5.95. The second-order valence-electron chi connectivity index (χ2n) is 7.97. The van der Waals surface area contributed by atoms with Gasteiger partial charge in [-0.2, -0.15) is 0 Å². The molecule has 1 saturated heterocycles. The van der Waals surface area contributed by atoms with Crippen molar-refractivity contribution in [3.8, 4) is 11.5 Å². The van der Waals surface area contributed by atoms with Crippen molar-refractivity contribution in [1.29, 1.82) is 0 Å². The smallest absolute Gasteiger partial charge is 0.337 e. The highest BCUT2D eigenvalue weighted by atomic mass is 16.5. The lowest BCUT2D eigenvalue weighted by molar-refractivity contribution is -0.140. The molecule has 1 amide bonds. The summed E-state index contributed by atoms with van der Waals surface area (Å²) < 4.78 is 15.3. The van der Waals surface area contributed by atoms with E-state index < -0.39 is 23.7 Å². The number of pyridine rings is 1. The molecule has 0 saturated carbocycles. The molecule has 1 N–H and O–H groups in total. The van der Waals surface area contributed by atoms with Gasteiger partial charge in [-0.05, 0) is 53.6 Å². The van der Waals surface area contributed by atoms with Crippen LogP contribution in [0.15, 0.2) is 72.6 Å². The number of nitrogens with zero attached hydrogens (tertiary/aromatic N) is 2. The van der Waals surface area contributed by atoms with E-state index in [1.54, 1.807) is 60.9 Å². The average Bonchev–Trinajstić information content (AvgIpc) is 3.17. The van der Waals surface area contributed by atoms with Gasteiger partial charge in [-0.1, -0.05) is 12.1 Å². The molecule has 1 aromatic heterocycles. The molecule has 9 heteroatoms. The molecule has 0 bridgehead atoms. The Bertz CT molecular complexity index is 1330. The minimum absolute atomic E-state index is 0.0768. The predicted octanol–water partition coefficient (Wildman–Crippen LogP) is 3.51. The van der Waals surface area contributed by atoms with Gasteiger partial charge in [0.15, 0.2) is 11.5 Å². The number of carbonyl (C=O) groups is 3. The van der Waals surface area contributed by atoms with Crippen LogP contribution in [0.1, 0.15) is 33.1 Å². The lowest BCUT2D eigenvalue weighted by Gasteiger charge is -2.25. The van der Waals surface area contributed by atoms with E-state index in [0.29, 0.717) is 22.6 Å². The molecule has 36 heavy (non-hydrogen) atoms. The monoisotopic (exact) mass is 488 g/mol. The molecular weight excluding hydrogens is 464 g/mol. The summed E-state index contributed by atoms with van der Waals surface area (Å²) in [5, 5.41) is 11.3. The molecule has 1 fully saturated rings. The number of amides is 1. The topological polar surface area (TPSA) is 115 Å². The van der Waals surface area contributed by atoms with Gasteiger partial charge in [0.2, 0.25) is 0 Å². The van der Waals surface area contributed by atoms with Crippen LogP contribution in [0.2, 0.25) is 0 Å². The average molecular weight is 488 g/mol. The number of carbonyl (C=O) groups excluding carboxylic acids is 3. The van der Waals surface area contributed by atoms with Gasteiger partial charge in [0.1, 0.15) is 5.76 Å². The zero-order valence-corrected chi connectivity index (χ0v) is 19.9. The van der Waals surface area contributed by atoms with Crippen LogP contribution in [0.3, 0.4) is 0 Å². The first-order chi connectivity index (χ1) is 17.4. The third kappa shape index (κ3) is 4.50. The number of aliphatic hydroxyl groups is 1. The molecule has 2 aromatic carbocycles. The fourth-order valence-corrected chi connectivity index (χ4v) is 4.13. The van der Waals surface area contributed by atoms with E-state index in [1.807, 2.05) is 0 Å². The number of esters is 1. The van der Waals surface area contributed by atoms with Crippen molar-refractivity contribution in [2.45, 2.75) is 12.6 Å². The van der Waals surface area contributed by atoms with Crippen molar-refractivity contribution in [1.82, 2.24) is 9.88 Å². The summed E-state index contributed by atoms with van der Waals surface area (Å²) in [5.74, 6) is -1.64. The normalized spacial score (nSPS) is 16.6. The van der Waals surface area contributed by atoms with E-state index in [2.05, 4.69) is 4.98 Å². The standard InChI is InChI=1S/C27H24N2O7/c1-34-20-9-8-19(14-21(20)35-2)24(30)22-23(17-4-6-18(7-5-17)27(33)36-3)29(26(32)25(22)31)15-16-10-12-28-13-11-16/h4-14,23,30H,15H2,1-3H3/t23-/m1/s1. The summed E-state index contributed by atoms with van der Waals surface area (Å²) in [7, 11) is 4.22.